The molecule has 0 aliphatic carbocycles. The molecular weight excluding hydrogens is 317 g/mol. The van der Waals surface area contributed by atoms with Crippen LogP contribution in [0, 0.1) is 22.7 Å². The third-order valence-corrected chi connectivity index (χ3v) is 3.18. The Kier molecular flexibility index (Phi) is 3.94. The molecule has 8 heteroatoms. The van der Waals surface area contributed by atoms with Gasteiger partial charge in [-0.3, -0.25) is 0 Å². The van der Waals surface area contributed by atoms with E-state index >= 15 is 0 Å². The molecule has 0 bridgehead atoms. The van der Waals surface area contributed by atoms with Crippen LogP contribution in [-0.2, 0) is 6.18 Å². The molecule has 1 aromatic carbocycles. The SMILES string of the molecule is N#Cc1c(N)nc(Cl)c(C#N)c1-c1ccc(C(F)(F)F)cc1. The second kappa shape index (κ2) is 5.55. The van der Waals surface area contributed by atoms with Gasteiger partial charge in [0.05, 0.1) is 11.1 Å². The Morgan fingerprint density at radius 2 is 1.59 bits per heavy atom. The van der Waals surface area contributed by atoms with Gasteiger partial charge in [0.1, 0.15) is 28.7 Å². The van der Waals surface area contributed by atoms with Crippen LogP contribution in [0.15, 0.2) is 24.3 Å². The molecule has 0 spiro atoms. The maximum absolute atomic E-state index is 12.6. The quantitative estimate of drug-likeness (QED) is 0.810. The summed E-state index contributed by atoms with van der Waals surface area (Å²) in [7, 11) is 0. The number of hydrogen-bond acceptors (Lipinski definition) is 4. The highest BCUT2D eigenvalue weighted by atomic mass is 35.5. The van der Waals surface area contributed by atoms with Gasteiger partial charge in [-0.25, -0.2) is 4.98 Å². The number of benzene rings is 1. The van der Waals surface area contributed by atoms with Gasteiger partial charge in [0.2, 0.25) is 0 Å². The van der Waals surface area contributed by atoms with Crippen molar-refractivity contribution in [2.24, 2.45) is 0 Å². The molecule has 2 N–H and O–H groups in total. The molecule has 0 fully saturated rings. The van der Waals surface area contributed by atoms with E-state index in [4.69, 9.17) is 27.9 Å². The first kappa shape index (κ1) is 15.6. The predicted octanol–water partition coefficient (Wildman–Crippen LogP) is 3.75. The van der Waals surface area contributed by atoms with Gasteiger partial charge in [0.15, 0.2) is 0 Å². The van der Waals surface area contributed by atoms with Crippen molar-refractivity contribution in [3.05, 3.63) is 46.1 Å². The lowest BCUT2D eigenvalue weighted by atomic mass is 9.96. The minimum atomic E-state index is -4.48. The molecule has 0 amide bonds. The molecule has 0 atom stereocenters. The van der Waals surface area contributed by atoms with E-state index in [0.717, 1.165) is 24.3 Å². The standard InChI is InChI=1S/C14H6ClF3N4/c15-12-9(5-19)11(10(6-20)13(21)22-12)7-1-3-8(4-2-7)14(16,17)18/h1-4H,(H2,21,22). The third kappa shape index (κ3) is 2.67. The Bertz CT molecular complexity index is 776. The number of nitriles is 2. The summed E-state index contributed by atoms with van der Waals surface area (Å²) in [5.41, 5.74) is 4.80. The van der Waals surface area contributed by atoms with Crippen LogP contribution in [0.3, 0.4) is 0 Å². The first-order valence-corrected chi connectivity index (χ1v) is 6.14. The van der Waals surface area contributed by atoms with Crippen molar-refractivity contribution in [1.82, 2.24) is 4.98 Å². The van der Waals surface area contributed by atoms with E-state index in [-0.39, 0.29) is 33.2 Å². The van der Waals surface area contributed by atoms with Crippen LogP contribution in [0.4, 0.5) is 19.0 Å². The minimum absolute atomic E-state index is 0.0659. The van der Waals surface area contributed by atoms with Gasteiger partial charge in [-0.2, -0.15) is 23.7 Å². The molecule has 4 nitrogen and oxygen atoms in total. The van der Waals surface area contributed by atoms with E-state index in [1.807, 2.05) is 0 Å². The van der Waals surface area contributed by atoms with Crippen molar-refractivity contribution >= 4 is 17.4 Å². The molecule has 1 aromatic heterocycles. The second-order valence-electron chi connectivity index (χ2n) is 4.21. The number of aromatic nitrogens is 1. The molecule has 2 rings (SSSR count). The summed E-state index contributed by atoms with van der Waals surface area (Å²) in [6, 6.07) is 7.57. The molecule has 0 radical (unpaired) electrons. The number of nitrogen functional groups attached to an aromatic ring is 1. The van der Waals surface area contributed by atoms with E-state index in [2.05, 4.69) is 4.98 Å². The molecule has 0 aliphatic heterocycles. The first-order valence-electron chi connectivity index (χ1n) is 5.76. The fourth-order valence-corrected chi connectivity index (χ4v) is 2.13. The van der Waals surface area contributed by atoms with E-state index in [0.29, 0.717) is 0 Å². The van der Waals surface area contributed by atoms with Crippen LogP contribution in [0.25, 0.3) is 11.1 Å². The zero-order chi connectivity index (χ0) is 16.5. The smallest absolute Gasteiger partial charge is 0.383 e. The highest BCUT2D eigenvalue weighted by Crippen LogP contribution is 2.36. The second-order valence-corrected chi connectivity index (χ2v) is 4.57. The Hall–Kier alpha value is -2.77. The fourth-order valence-electron chi connectivity index (χ4n) is 1.90. The number of halogens is 4. The van der Waals surface area contributed by atoms with Crippen LogP contribution in [0.5, 0.6) is 0 Å². The van der Waals surface area contributed by atoms with Crippen LogP contribution in [0.2, 0.25) is 5.15 Å². The van der Waals surface area contributed by atoms with Gasteiger partial charge in [-0.1, -0.05) is 23.7 Å². The number of hydrogen-bond donors (Lipinski definition) is 1. The van der Waals surface area contributed by atoms with Crippen molar-refractivity contribution in [2.75, 3.05) is 5.73 Å². The number of pyridine rings is 1. The number of rotatable bonds is 1. The van der Waals surface area contributed by atoms with Crippen LogP contribution in [-0.4, -0.2) is 4.98 Å². The summed E-state index contributed by atoms with van der Waals surface area (Å²) >= 11 is 5.81. The monoisotopic (exact) mass is 322 g/mol. The summed E-state index contributed by atoms with van der Waals surface area (Å²) in [4.78, 5) is 3.68. The lowest BCUT2D eigenvalue weighted by molar-refractivity contribution is -0.137. The van der Waals surface area contributed by atoms with Crippen molar-refractivity contribution in [1.29, 1.82) is 10.5 Å². The highest BCUT2D eigenvalue weighted by molar-refractivity contribution is 6.31. The summed E-state index contributed by atoms with van der Waals surface area (Å²) in [5, 5.41) is 18.1. The van der Waals surface area contributed by atoms with E-state index < -0.39 is 11.7 Å². The molecule has 0 saturated carbocycles. The number of anilines is 1. The van der Waals surface area contributed by atoms with Crippen molar-refractivity contribution in [3.63, 3.8) is 0 Å². The summed E-state index contributed by atoms with van der Waals surface area (Å²) in [6.07, 6.45) is -4.48. The van der Waals surface area contributed by atoms with Crippen LogP contribution >= 0.6 is 11.6 Å². The summed E-state index contributed by atoms with van der Waals surface area (Å²) in [5.74, 6) is -0.193. The van der Waals surface area contributed by atoms with Gasteiger partial charge in [0.25, 0.3) is 0 Å². The molecule has 110 valence electrons. The average molecular weight is 323 g/mol. The van der Waals surface area contributed by atoms with Gasteiger partial charge in [0, 0.05) is 5.56 Å². The molecule has 0 saturated heterocycles. The maximum atomic E-state index is 12.6. The number of nitrogens with two attached hydrogens (primary N) is 1. The zero-order valence-electron chi connectivity index (χ0n) is 10.7. The van der Waals surface area contributed by atoms with E-state index in [1.165, 1.54) is 0 Å². The maximum Gasteiger partial charge on any atom is 0.416 e. The minimum Gasteiger partial charge on any atom is -0.383 e. The number of alkyl halides is 3. The zero-order valence-corrected chi connectivity index (χ0v) is 11.5. The lowest BCUT2D eigenvalue weighted by Gasteiger charge is -2.11. The Balaban J connectivity index is 2.73. The first-order chi connectivity index (χ1) is 10.3. The molecule has 0 unspecified atom stereocenters. The van der Waals surface area contributed by atoms with Crippen molar-refractivity contribution < 1.29 is 13.2 Å². The Labute approximate surface area is 128 Å². The van der Waals surface area contributed by atoms with E-state index in [1.54, 1.807) is 12.1 Å². The van der Waals surface area contributed by atoms with Crippen LogP contribution < -0.4 is 5.73 Å². The van der Waals surface area contributed by atoms with Gasteiger partial charge >= 0.3 is 6.18 Å². The molecule has 2 aromatic rings. The van der Waals surface area contributed by atoms with Gasteiger partial charge in [-0.15, -0.1) is 0 Å². The largest absolute Gasteiger partial charge is 0.416 e. The topological polar surface area (TPSA) is 86.5 Å². The lowest BCUT2D eigenvalue weighted by Crippen LogP contribution is -2.05. The van der Waals surface area contributed by atoms with Crippen molar-refractivity contribution in [3.8, 4) is 23.3 Å². The Morgan fingerprint density at radius 1 is 1.05 bits per heavy atom. The molecule has 1 heterocycles. The van der Waals surface area contributed by atoms with E-state index in [9.17, 15) is 13.2 Å². The highest BCUT2D eigenvalue weighted by Gasteiger charge is 2.30. The van der Waals surface area contributed by atoms with Gasteiger partial charge < -0.3 is 5.73 Å². The fraction of sp³-hybridized carbons (Fsp3) is 0.0714. The molecular formula is C14H6ClF3N4. The number of nitrogens with zero attached hydrogens (tertiary/aromatic N) is 3. The average Bonchev–Trinajstić information content (AvgIpc) is 2.46. The van der Waals surface area contributed by atoms with Crippen LogP contribution in [0.1, 0.15) is 16.7 Å². The van der Waals surface area contributed by atoms with Gasteiger partial charge in [-0.05, 0) is 17.7 Å². The summed E-state index contributed by atoms with van der Waals surface area (Å²) < 4.78 is 37.8. The molecule has 0 aliphatic rings. The predicted molar refractivity (Wildman–Crippen MR) is 73.5 cm³/mol. The third-order valence-electron chi connectivity index (χ3n) is 2.91. The normalized spacial score (nSPS) is 10.8. The van der Waals surface area contributed by atoms with Crippen molar-refractivity contribution in [2.45, 2.75) is 6.18 Å². The Morgan fingerprint density at radius 3 is 2.05 bits per heavy atom. The molecule has 22 heavy (non-hydrogen) atoms. The summed E-state index contributed by atoms with van der Waals surface area (Å²) in [6.45, 7) is 0.